The molecule has 0 aliphatic carbocycles. The van der Waals surface area contributed by atoms with E-state index in [2.05, 4.69) is 15.3 Å². The lowest BCUT2D eigenvalue weighted by Gasteiger charge is -2.07. The zero-order chi connectivity index (χ0) is 11.4. The first-order valence-corrected chi connectivity index (χ1v) is 5.39. The zero-order valence-electron chi connectivity index (χ0n) is 8.94. The van der Waals surface area contributed by atoms with E-state index in [1.807, 2.05) is 31.2 Å². The van der Waals surface area contributed by atoms with E-state index in [9.17, 15) is 0 Å². The molecule has 0 aliphatic rings. The Kier molecular flexibility index (Phi) is 3.37. The van der Waals surface area contributed by atoms with Crippen LogP contribution in [0.3, 0.4) is 0 Å². The highest BCUT2D eigenvalue weighted by atomic mass is 35.5. The number of aromatic nitrogens is 2. The summed E-state index contributed by atoms with van der Waals surface area (Å²) in [5.41, 5.74) is 2.89. The number of nitrogens with one attached hydrogen (secondary N) is 1. The van der Waals surface area contributed by atoms with Gasteiger partial charge in [0.25, 0.3) is 0 Å². The predicted octanol–water partition coefficient (Wildman–Crippen LogP) is 3.05. The standard InChI is InChI=1S/C12H12ClN3/c1-9-6-11(12(13)16-7-9)15-8-10-4-2-3-5-14-10/h2-7,15H,8H2,1H3. The minimum atomic E-state index is 0.488. The molecule has 2 aromatic rings. The topological polar surface area (TPSA) is 37.8 Å². The lowest BCUT2D eigenvalue weighted by atomic mass is 10.3. The molecule has 16 heavy (non-hydrogen) atoms. The molecule has 2 aromatic heterocycles. The number of hydrogen-bond donors (Lipinski definition) is 1. The monoisotopic (exact) mass is 233 g/mol. The number of pyridine rings is 2. The molecule has 0 unspecified atom stereocenters. The molecule has 82 valence electrons. The van der Waals surface area contributed by atoms with Gasteiger partial charge in [0.1, 0.15) is 0 Å². The van der Waals surface area contributed by atoms with Gasteiger partial charge in [0, 0.05) is 12.4 Å². The van der Waals surface area contributed by atoms with Crippen molar-refractivity contribution in [1.82, 2.24) is 9.97 Å². The number of rotatable bonds is 3. The van der Waals surface area contributed by atoms with Gasteiger partial charge in [-0.05, 0) is 30.7 Å². The molecule has 0 aromatic carbocycles. The summed E-state index contributed by atoms with van der Waals surface area (Å²) >= 11 is 5.97. The Bertz CT molecular complexity index is 471. The van der Waals surface area contributed by atoms with Crippen LogP contribution in [0.5, 0.6) is 0 Å². The van der Waals surface area contributed by atoms with Crippen LogP contribution in [0.15, 0.2) is 36.7 Å². The van der Waals surface area contributed by atoms with E-state index in [0.29, 0.717) is 11.7 Å². The first-order chi connectivity index (χ1) is 7.75. The van der Waals surface area contributed by atoms with Crippen molar-refractivity contribution in [1.29, 1.82) is 0 Å². The van der Waals surface area contributed by atoms with Crippen LogP contribution in [-0.2, 0) is 6.54 Å². The maximum absolute atomic E-state index is 5.97. The number of nitrogens with zero attached hydrogens (tertiary/aromatic N) is 2. The van der Waals surface area contributed by atoms with E-state index in [-0.39, 0.29) is 0 Å². The van der Waals surface area contributed by atoms with Crippen molar-refractivity contribution >= 4 is 17.3 Å². The van der Waals surface area contributed by atoms with Gasteiger partial charge in [-0.3, -0.25) is 4.98 Å². The summed E-state index contributed by atoms with van der Waals surface area (Å²) in [5.74, 6) is 0. The van der Waals surface area contributed by atoms with E-state index in [1.54, 1.807) is 12.4 Å². The Hall–Kier alpha value is -1.61. The third-order valence-electron chi connectivity index (χ3n) is 2.16. The van der Waals surface area contributed by atoms with Crippen LogP contribution >= 0.6 is 11.6 Å². The number of hydrogen-bond acceptors (Lipinski definition) is 3. The molecule has 0 fully saturated rings. The first-order valence-electron chi connectivity index (χ1n) is 5.01. The van der Waals surface area contributed by atoms with E-state index < -0.39 is 0 Å². The number of halogens is 1. The Morgan fingerprint density at radius 1 is 1.31 bits per heavy atom. The second kappa shape index (κ2) is 4.94. The molecule has 3 nitrogen and oxygen atoms in total. The summed E-state index contributed by atoms with van der Waals surface area (Å²) in [6, 6.07) is 7.78. The molecular formula is C12H12ClN3. The highest BCUT2D eigenvalue weighted by Gasteiger charge is 2.01. The summed E-state index contributed by atoms with van der Waals surface area (Å²) in [5, 5.41) is 3.70. The van der Waals surface area contributed by atoms with Gasteiger partial charge in [-0.2, -0.15) is 0 Å². The second-order valence-corrected chi connectivity index (χ2v) is 3.88. The van der Waals surface area contributed by atoms with Crippen LogP contribution in [0.2, 0.25) is 5.15 Å². The molecular weight excluding hydrogens is 222 g/mol. The Labute approximate surface area is 99.5 Å². The average molecular weight is 234 g/mol. The fourth-order valence-corrected chi connectivity index (χ4v) is 1.54. The SMILES string of the molecule is Cc1cnc(Cl)c(NCc2ccccn2)c1. The van der Waals surface area contributed by atoms with Crippen LogP contribution in [0.1, 0.15) is 11.3 Å². The van der Waals surface area contributed by atoms with Crippen molar-refractivity contribution in [2.45, 2.75) is 13.5 Å². The van der Waals surface area contributed by atoms with E-state index in [1.165, 1.54) is 0 Å². The van der Waals surface area contributed by atoms with E-state index in [0.717, 1.165) is 16.9 Å². The van der Waals surface area contributed by atoms with Crippen molar-refractivity contribution in [2.24, 2.45) is 0 Å². The fraction of sp³-hybridized carbons (Fsp3) is 0.167. The van der Waals surface area contributed by atoms with Gasteiger partial charge in [0.05, 0.1) is 17.9 Å². The molecule has 0 radical (unpaired) electrons. The quantitative estimate of drug-likeness (QED) is 0.828. The molecule has 0 aliphatic heterocycles. The maximum atomic E-state index is 5.97. The normalized spacial score (nSPS) is 10.1. The third-order valence-corrected chi connectivity index (χ3v) is 2.46. The highest BCUT2D eigenvalue weighted by Crippen LogP contribution is 2.20. The van der Waals surface area contributed by atoms with Gasteiger partial charge < -0.3 is 5.32 Å². The Morgan fingerprint density at radius 3 is 2.94 bits per heavy atom. The van der Waals surface area contributed by atoms with Gasteiger partial charge in [-0.1, -0.05) is 17.7 Å². The molecule has 0 atom stereocenters. The van der Waals surface area contributed by atoms with Crippen LogP contribution < -0.4 is 5.32 Å². The summed E-state index contributed by atoms with van der Waals surface area (Å²) in [7, 11) is 0. The van der Waals surface area contributed by atoms with Gasteiger partial charge in [-0.25, -0.2) is 4.98 Å². The lowest BCUT2D eigenvalue weighted by Crippen LogP contribution is -2.02. The van der Waals surface area contributed by atoms with Gasteiger partial charge in [0.2, 0.25) is 0 Å². The minimum Gasteiger partial charge on any atom is -0.377 e. The summed E-state index contributed by atoms with van der Waals surface area (Å²) in [6.45, 7) is 2.63. The minimum absolute atomic E-state index is 0.488. The molecule has 0 saturated carbocycles. The van der Waals surface area contributed by atoms with Gasteiger partial charge in [-0.15, -0.1) is 0 Å². The number of anilines is 1. The van der Waals surface area contributed by atoms with Crippen LogP contribution in [0.25, 0.3) is 0 Å². The molecule has 0 bridgehead atoms. The zero-order valence-corrected chi connectivity index (χ0v) is 9.70. The predicted molar refractivity (Wildman–Crippen MR) is 65.5 cm³/mol. The fourth-order valence-electron chi connectivity index (χ4n) is 1.36. The molecule has 0 amide bonds. The number of aryl methyl sites for hydroxylation is 1. The van der Waals surface area contributed by atoms with E-state index >= 15 is 0 Å². The van der Waals surface area contributed by atoms with Gasteiger partial charge >= 0.3 is 0 Å². The van der Waals surface area contributed by atoms with E-state index in [4.69, 9.17) is 11.6 Å². The summed E-state index contributed by atoms with van der Waals surface area (Å²) in [6.07, 6.45) is 3.52. The largest absolute Gasteiger partial charge is 0.377 e. The summed E-state index contributed by atoms with van der Waals surface area (Å²) < 4.78 is 0. The molecule has 2 heterocycles. The van der Waals surface area contributed by atoms with Crippen molar-refractivity contribution in [3.8, 4) is 0 Å². The molecule has 1 N–H and O–H groups in total. The first kappa shape index (κ1) is 10.9. The second-order valence-electron chi connectivity index (χ2n) is 3.53. The van der Waals surface area contributed by atoms with Gasteiger partial charge in [0.15, 0.2) is 5.15 Å². The average Bonchev–Trinajstić information content (AvgIpc) is 2.32. The molecule has 0 spiro atoms. The van der Waals surface area contributed by atoms with Crippen LogP contribution in [0.4, 0.5) is 5.69 Å². The Morgan fingerprint density at radius 2 is 2.19 bits per heavy atom. The molecule has 2 rings (SSSR count). The van der Waals surface area contributed by atoms with Crippen molar-refractivity contribution in [3.05, 3.63) is 53.1 Å². The summed E-state index contributed by atoms with van der Waals surface area (Å²) in [4.78, 5) is 8.29. The molecule has 0 saturated heterocycles. The van der Waals surface area contributed by atoms with Crippen LogP contribution in [-0.4, -0.2) is 9.97 Å². The van der Waals surface area contributed by atoms with Crippen molar-refractivity contribution < 1.29 is 0 Å². The van der Waals surface area contributed by atoms with Crippen molar-refractivity contribution in [2.75, 3.05) is 5.32 Å². The highest BCUT2D eigenvalue weighted by molar-refractivity contribution is 6.31. The van der Waals surface area contributed by atoms with Crippen molar-refractivity contribution in [3.63, 3.8) is 0 Å². The molecule has 4 heteroatoms. The third kappa shape index (κ3) is 2.70. The Balaban J connectivity index is 2.08. The maximum Gasteiger partial charge on any atom is 0.152 e. The smallest absolute Gasteiger partial charge is 0.152 e. The lowest BCUT2D eigenvalue weighted by molar-refractivity contribution is 1.04. The van der Waals surface area contributed by atoms with Crippen LogP contribution in [0, 0.1) is 6.92 Å².